The highest BCUT2D eigenvalue weighted by molar-refractivity contribution is 5.87. The van der Waals surface area contributed by atoms with Crippen LogP contribution in [0.15, 0.2) is 67.5 Å². The third-order valence-electron chi connectivity index (χ3n) is 6.62. The number of halogens is 1. The summed E-state index contributed by atoms with van der Waals surface area (Å²) >= 11 is 0. The van der Waals surface area contributed by atoms with Crippen LogP contribution >= 0.6 is 0 Å². The van der Waals surface area contributed by atoms with Crippen molar-refractivity contribution in [1.82, 2.24) is 19.3 Å². The first-order valence-corrected chi connectivity index (χ1v) is 12.5. The molecule has 202 valence electrons. The Morgan fingerprint density at radius 3 is 2.67 bits per heavy atom. The molecular weight excluding hydrogens is 503 g/mol. The minimum absolute atomic E-state index is 0.000896. The maximum absolute atomic E-state index is 14.6. The Labute approximate surface area is 225 Å². The van der Waals surface area contributed by atoms with Crippen molar-refractivity contribution in [2.75, 3.05) is 40.5 Å². The van der Waals surface area contributed by atoms with Crippen LogP contribution in [0.5, 0.6) is 23.1 Å². The number of hydrogen-bond acceptors (Lipinski definition) is 7. The fourth-order valence-corrected chi connectivity index (χ4v) is 4.68. The van der Waals surface area contributed by atoms with Crippen LogP contribution in [0.4, 0.5) is 4.39 Å². The molecule has 1 fully saturated rings. The second-order valence-corrected chi connectivity index (χ2v) is 9.00. The summed E-state index contributed by atoms with van der Waals surface area (Å²) < 4.78 is 38.5. The van der Waals surface area contributed by atoms with Gasteiger partial charge in [0.1, 0.15) is 18.2 Å². The Hall–Kier alpha value is -4.44. The number of rotatable bonds is 10. The van der Waals surface area contributed by atoms with Gasteiger partial charge in [0.2, 0.25) is 17.6 Å². The Balaban J connectivity index is 1.50. The first-order chi connectivity index (χ1) is 19.0. The second-order valence-electron chi connectivity index (χ2n) is 9.00. The van der Waals surface area contributed by atoms with E-state index in [4.69, 9.17) is 23.9 Å². The summed E-state index contributed by atoms with van der Waals surface area (Å²) in [6.07, 6.45) is 5.49. The molecule has 39 heavy (non-hydrogen) atoms. The Morgan fingerprint density at radius 2 is 1.92 bits per heavy atom. The van der Waals surface area contributed by atoms with Gasteiger partial charge in [0.05, 0.1) is 37.3 Å². The van der Waals surface area contributed by atoms with Gasteiger partial charge >= 0.3 is 0 Å². The third-order valence-corrected chi connectivity index (χ3v) is 6.62. The van der Waals surface area contributed by atoms with Crippen molar-refractivity contribution >= 4 is 11.4 Å². The number of carbonyl (C=O) groups is 1. The van der Waals surface area contributed by atoms with Crippen molar-refractivity contribution in [3.05, 3.63) is 79.2 Å². The maximum atomic E-state index is 14.6. The molecule has 0 radical (unpaired) electrons. The number of nitrogens with zero attached hydrogens (tertiary/aromatic N) is 4. The highest BCUT2D eigenvalue weighted by Crippen LogP contribution is 2.36. The van der Waals surface area contributed by atoms with Gasteiger partial charge in [0, 0.05) is 31.7 Å². The fourth-order valence-electron chi connectivity index (χ4n) is 4.68. The molecule has 2 aromatic heterocycles. The summed E-state index contributed by atoms with van der Waals surface area (Å²) in [5.41, 5.74) is 2.30. The van der Waals surface area contributed by atoms with Gasteiger partial charge in [-0.15, -0.1) is 0 Å². The molecule has 1 saturated heterocycles. The first-order valence-electron chi connectivity index (χ1n) is 12.5. The predicted octanol–water partition coefficient (Wildman–Crippen LogP) is 4.86. The number of fused-ring (bicyclic) bond motifs is 1. The van der Waals surface area contributed by atoms with Gasteiger partial charge in [-0.1, -0.05) is 12.6 Å². The van der Waals surface area contributed by atoms with E-state index >= 15 is 0 Å². The van der Waals surface area contributed by atoms with E-state index in [9.17, 15) is 9.18 Å². The van der Waals surface area contributed by atoms with Gasteiger partial charge in [-0.2, -0.15) is 4.39 Å². The van der Waals surface area contributed by atoms with E-state index in [0.717, 1.165) is 23.3 Å². The minimum atomic E-state index is -0.568. The molecule has 0 bridgehead atoms. The molecule has 1 aliphatic heterocycles. The SMILES string of the molecule is C=CC(=O)N1CCC(c2nc(-c3ccc(Oc4cccc(OC)c4F)cc3)c3cncc(OCCOC)n23)C1. The number of ether oxygens (including phenoxy) is 4. The zero-order valence-corrected chi connectivity index (χ0v) is 21.8. The van der Waals surface area contributed by atoms with Crippen LogP contribution in [0, 0.1) is 5.82 Å². The molecule has 2 aromatic carbocycles. The highest BCUT2D eigenvalue weighted by atomic mass is 19.1. The molecule has 0 saturated carbocycles. The van der Waals surface area contributed by atoms with Crippen LogP contribution in [0.25, 0.3) is 16.8 Å². The van der Waals surface area contributed by atoms with Crippen molar-refractivity contribution in [3.8, 4) is 34.4 Å². The molecule has 0 aliphatic carbocycles. The Bertz CT molecular complexity index is 1490. The molecule has 5 rings (SSSR count). The molecule has 0 N–H and O–H groups in total. The number of carbonyl (C=O) groups excluding carboxylic acids is 1. The average Bonchev–Trinajstić information content (AvgIpc) is 3.60. The van der Waals surface area contributed by atoms with Crippen LogP contribution in [-0.4, -0.2) is 65.7 Å². The molecule has 1 amide bonds. The van der Waals surface area contributed by atoms with Gasteiger partial charge in [-0.25, -0.2) is 4.98 Å². The lowest BCUT2D eigenvalue weighted by molar-refractivity contribution is -0.125. The predicted molar refractivity (Wildman–Crippen MR) is 143 cm³/mol. The third kappa shape index (κ3) is 5.28. The number of benzene rings is 2. The molecule has 4 aromatic rings. The van der Waals surface area contributed by atoms with E-state index in [2.05, 4.69) is 11.6 Å². The van der Waals surface area contributed by atoms with Crippen LogP contribution in [0.1, 0.15) is 18.2 Å². The van der Waals surface area contributed by atoms with Crippen LogP contribution in [0.3, 0.4) is 0 Å². The van der Waals surface area contributed by atoms with Crippen molar-refractivity contribution in [2.45, 2.75) is 12.3 Å². The molecule has 1 aliphatic rings. The summed E-state index contributed by atoms with van der Waals surface area (Å²) in [5.74, 6) is 1.30. The Morgan fingerprint density at radius 1 is 1.13 bits per heavy atom. The van der Waals surface area contributed by atoms with Crippen molar-refractivity contribution < 1.29 is 28.1 Å². The van der Waals surface area contributed by atoms with Gasteiger partial charge in [0.15, 0.2) is 11.5 Å². The van der Waals surface area contributed by atoms with E-state index < -0.39 is 5.82 Å². The number of aromatic nitrogens is 3. The van der Waals surface area contributed by atoms with E-state index in [1.807, 2.05) is 16.5 Å². The standard InChI is InChI=1S/C29H29FN4O5/c1-4-25(35)33-13-12-20(18-33)29-32-28(22-16-31-17-26(34(22)29)38-15-14-36-2)19-8-10-21(11-9-19)39-24-7-5-6-23(37-3)27(24)30/h4-11,16-17,20H,1,12-15,18H2,2-3H3. The number of hydrogen-bond donors (Lipinski definition) is 0. The molecule has 9 nitrogen and oxygen atoms in total. The average molecular weight is 533 g/mol. The zero-order chi connectivity index (χ0) is 27.4. The smallest absolute Gasteiger partial charge is 0.245 e. The quantitative estimate of drug-likeness (QED) is 0.213. The monoisotopic (exact) mass is 532 g/mol. The molecule has 1 unspecified atom stereocenters. The van der Waals surface area contributed by atoms with Gasteiger partial charge < -0.3 is 23.8 Å². The van der Waals surface area contributed by atoms with E-state index in [0.29, 0.717) is 43.6 Å². The summed E-state index contributed by atoms with van der Waals surface area (Å²) in [6.45, 7) is 5.54. The fraction of sp³-hybridized carbons (Fsp3) is 0.276. The lowest BCUT2D eigenvalue weighted by Crippen LogP contribution is -2.26. The van der Waals surface area contributed by atoms with E-state index in [1.165, 1.54) is 19.3 Å². The molecule has 0 spiro atoms. The maximum Gasteiger partial charge on any atom is 0.245 e. The molecule has 10 heteroatoms. The van der Waals surface area contributed by atoms with Crippen LogP contribution in [-0.2, 0) is 9.53 Å². The highest BCUT2D eigenvalue weighted by Gasteiger charge is 2.31. The molecule has 3 heterocycles. The lowest BCUT2D eigenvalue weighted by atomic mass is 10.1. The summed E-state index contributed by atoms with van der Waals surface area (Å²) in [7, 11) is 3.02. The number of likely N-dealkylation sites (tertiary alicyclic amines) is 1. The van der Waals surface area contributed by atoms with Crippen LogP contribution in [0.2, 0.25) is 0 Å². The normalized spacial score (nSPS) is 14.9. The molecular formula is C29H29FN4O5. The minimum Gasteiger partial charge on any atom is -0.494 e. The number of amides is 1. The summed E-state index contributed by atoms with van der Waals surface area (Å²) in [5, 5.41) is 0. The van der Waals surface area contributed by atoms with E-state index in [-0.39, 0.29) is 23.3 Å². The van der Waals surface area contributed by atoms with Gasteiger partial charge in [-0.3, -0.25) is 14.2 Å². The number of methoxy groups -OCH3 is 2. The largest absolute Gasteiger partial charge is 0.494 e. The van der Waals surface area contributed by atoms with Gasteiger partial charge in [-0.05, 0) is 48.9 Å². The topological polar surface area (TPSA) is 87.4 Å². The van der Waals surface area contributed by atoms with Crippen molar-refractivity contribution in [2.24, 2.45) is 0 Å². The Kier molecular flexibility index (Phi) is 7.74. The lowest BCUT2D eigenvalue weighted by Gasteiger charge is -2.15. The second kappa shape index (κ2) is 11.5. The zero-order valence-electron chi connectivity index (χ0n) is 21.8. The van der Waals surface area contributed by atoms with Crippen molar-refractivity contribution in [1.29, 1.82) is 0 Å². The summed E-state index contributed by atoms with van der Waals surface area (Å²) in [4.78, 5) is 23.4. The van der Waals surface area contributed by atoms with E-state index in [1.54, 1.807) is 48.7 Å². The van der Waals surface area contributed by atoms with Crippen LogP contribution < -0.4 is 14.2 Å². The molecule has 1 atom stereocenters. The first kappa shape index (κ1) is 26.2. The number of imidazole rings is 1. The van der Waals surface area contributed by atoms with Gasteiger partial charge in [0.25, 0.3) is 0 Å². The summed E-state index contributed by atoms with van der Waals surface area (Å²) in [6, 6.07) is 12.0. The van der Waals surface area contributed by atoms with Crippen molar-refractivity contribution in [3.63, 3.8) is 0 Å².